The minimum Gasteiger partial charge on any atom is -0.497 e. The number of aryl methyl sites for hydroxylation is 2. The van der Waals surface area contributed by atoms with Crippen LogP contribution in [0.2, 0.25) is 0 Å². The number of ether oxygens (including phenoxy) is 2. The molecule has 1 amide bonds. The van der Waals surface area contributed by atoms with Crippen LogP contribution in [0, 0.1) is 13.8 Å². The number of esters is 1. The Kier molecular flexibility index (Phi) is 5.95. The molecule has 0 saturated carbocycles. The van der Waals surface area contributed by atoms with E-state index in [-0.39, 0.29) is 18.9 Å². The molecule has 0 aliphatic rings. The van der Waals surface area contributed by atoms with Crippen molar-refractivity contribution in [3.8, 4) is 5.75 Å². The summed E-state index contributed by atoms with van der Waals surface area (Å²) < 4.78 is 10.1. The molecule has 0 unspecified atom stereocenters. The van der Waals surface area contributed by atoms with E-state index in [1.165, 1.54) is 5.56 Å². The van der Waals surface area contributed by atoms with Crippen LogP contribution in [0.15, 0.2) is 42.5 Å². The van der Waals surface area contributed by atoms with Crippen molar-refractivity contribution in [3.63, 3.8) is 0 Å². The summed E-state index contributed by atoms with van der Waals surface area (Å²) in [6.45, 7) is 3.70. The molecular weight excluding hydrogens is 306 g/mol. The average Bonchev–Trinajstić information content (AvgIpc) is 2.57. The quantitative estimate of drug-likeness (QED) is 0.828. The molecular formula is C19H21NO4. The molecule has 2 rings (SSSR count). The Balaban J connectivity index is 1.79. The minimum absolute atomic E-state index is 0.150. The van der Waals surface area contributed by atoms with E-state index in [0.717, 1.165) is 11.1 Å². The molecule has 0 atom stereocenters. The fraction of sp³-hybridized carbons (Fsp3) is 0.263. The van der Waals surface area contributed by atoms with Crippen LogP contribution in [-0.2, 0) is 20.7 Å². The van der Waals surface area contributed by atoms with Gasteiger partial charge in [0, 0.05) is 5.69 Å². The van der Waals surface area contributed by atoms with Crippen LogP contribution in [0.5, 0.6) is 5.75 Å². The van der Waals surface area contributed by atoms with Crippen molar-refractivity contribution in [3.05, 3.63) is 59.2 Å². The Morgan fingerprint density at radius 3 is 2.33 bits per heavy atom. The van der Waals surface area contributed by atoms with Crippen molar-refractivity contribution in [1.82, 2.24) is 0 Å². The Hall–Kier alpha value is -2.82. The number of carbonyl (C=O) groups excluding carboxylic acids is 2. The van der Waals surface area contributed by atoms with Gasteiger partial charge in [0.25, 0.3) is 5.91 Å². The van der Waals surface area contributed by atoms with Gasteiger partial charge in [0.1, 0.15) is 5.75 Å². The molecule has 0 saturated heterocycles. The van der Waals surface area contributed by atoms with Crippen molar-refractivity contribution in [2.24, 2.45) is 0 Å². The number of hydrogen-bond acceptors (Lipinski definition) is 4. The molecule has 2 aromatic rings. The number of rotatable bonds is 6. The maximum Gasteiger partial charge on any atom is 0.310 e. The Bertz CT molecular complexity index is 723. The van der Waals surface area contributed by atoms with E-state index in [9.17, 15) is 9.59 Å². The second-order valence-corrected chi connectivity index (χ2v) is 5.53. The fourth-order valence-electron chi connectivity index (χ4n) is 2.15. The zero-order valence-electron chi connectivity index (χ0n) is 14.1. The van der Waals surface area contributed by atoms with E-state index < -0.39 is 5.97 Å². The van der Waals surface area contributed by atoms with Crippen molar-refractivity contribution in [1.29, 1.82) is 0 Å². The molecule has 24 heavy (non-hydrogen) atoms. The Morgan fingerprint density at radius 2 is 1.71 bits per heavy atom. The Morgan fingerprint density at radius 1 is 1.00 bits per heavy atom. The average molecular weight is 327 g/mol. The van der Waals surface area contributed by atoms with Gasteiger partial charge in [0.05, 0.1) is 13.5 Å². The lowest BCUT2D eigenvalue weighted by Gasteiger charge is -2.08. The molecule has 0 aromatic heterocycles. The molecule has 0 aliphatic heterocycles. The summed E-state index contributed by atoms with van der Waals surface area (Å²) in [6, 6.07) is 12.7. The van der Waals surface area contributed by atoms with E-state index in [0.29, 0.717) is 11.4 Å². The SMILES string of the molecule is COc1ccc(NC(=O)COC(=O)Cc2ccc(C)c(C)c2)cc1. The molecule has 0 bridgehead atoms. The third-order valence-electron chi connectivity index (χ3n) is 3.66. The third kappa shape index (κ3) is 5.12. The van der Waals surface area contributed by atoms with Gasteiger partial charge < -0.3 is 14.8 Å². The van der Waals surface area contributed by atoms with E-state index in [1.807, 2.05) is 32.0 Å². The van der Waals surface area contributed by atoms with Crippen molar-refractivity contribution in [2.45, 2.75) is 20.3 Å². The number of carbonyl (C=O) groups is 2. The van der Waals surface area contributed by atoms with Crippen molar-refractivity contribution >= 4 is 17.6 Å². The molecule has 1 N–H and O–H groups in total. The highest BCUT2D eigenvalue weighted by Gasteiger charge is 2.09. The van der Waals surface area contributed by atoms with Crippen LogP contribution in [0.4, 0.5) is 5.69 Å². The maximum absolute atomic E-state index is 11.8. The summed E-state index contributed by atoms with van der Waals surface area (Å²) in [4.78, 5) is 23.6. The number of nitrogens with one attached hydrogen (secondary N) is 1. The minimum atomic E-state index is -0.428. The Labute approximate surface area is 141 Å². The van der Waals surface area contributed by atoms with Crippen molar-refractivity contribution in [2.75, 3.05) is 19.0 Å². The number of amides is 1. The topological polar surface area (TPSA) is 64.6 Å². The number of hydrogen-bond donors (Lipinski definition) is 1. The predicted octanol–water partition coefficient (Wildman–Crippen LogP) is 3.04. The molecule has 126 valence electrons. The number of benzene rings is 2. The first-order valence-electron chi connectivity index (χ1n) is 7.63. The first-order chi connectivity index (χ1) is 11.5. The second kappa shape index (κ2) is 8.15. The van der Waals surface area contributed by atoms with Crippen LogP contribution in [-0.4, -0.2) is 25.6 Å². The largest absolute Gasteiger partial charge is 0.497 e. The zero-order chi connectivity index (χ0) is 17.5. The molecule has 0 aliphatic carbocycles. The van der Waals surface area contributed by atoms with Gasteiger partial charge in [0.2, 0.25) is 0 Å². The van der Waals surface area contributed by atoms with Crippen LogP contribution < -0.4 is 10.1 Å². The summed E-state index contributed by atoms with van der Waals surface area (Å²) in [5.74, 6) is -0.107. The van der Waals surface area contributed by atoms with Gasteiger partial charge in [0.15, 0.2) is 6.61 Å². The lowest BCUT2D eigenvalue weighted by atomic mass is 10.0. The zero-order valence-corrected chi connectivity index (χ0v) is 14.1. The normalized spacial score (nSPS) is 10.1. The van der Waals surface area contributed by atoms with Crippen molar-refractivity contribution < 1.29 is 19.1 Å². The summed E-state index contributed by atoms with van der Waals surface area (Å²) in [5.41, 5.74) is 3.79. The highest BCUT2D eigenvalue weighted by molar-refractivity contribution is 5.92. The van der Waals surface area contributed by atoms with Gasteiger partial charge in [-0.2, -0.15) is 0 Å². The van der Waals surface area contributed by atoms with Gasteiger partial charge in [-0.1, -0.05) is 18.2 Å². The van der Waals surface area contributed by atoms with Gasteiger partial charge in [-0.15, -0.1) is 0 Å². The highest BCUT2D eigenvalue weighted by atomic mass is 16.5. The van der Waals surface area contributed by atoms with Crippen LogP contribution in [0.1, 0.15) is 16.7 Å². The molecule has 2 aromatic carbocycles. The standard InChI is InChI=1S/C19H21NO4/c1-13-4-5-15(10-14(13)2)11-19(22)24-12-18(21)20-16-6-8-17(23-3)9-7-16/h4-10H,11-12H2,1-3H3,(H,20,21). The van der Waals surface area contributed by atoms with E-state index in [1.54, 1.807) is 31.4 Å². The first kappa shape index (κ1) is 17.5. The van der Waals surface area contributed by atoms with Crippen LogP contribution >= 0.6 is 0 Å². The van der Waals surface area contributed by atoms with E-state index in [2.05, 4.69) is 5.32 Å². The van der Waals surface area contributed by atoms with Gasteiger partial charge in [-0.25, -0.2) is 0 Å². The number of anilines is 1. The second-order valence-electron chi connectivity index (χ2n) is 5.53. The molecule has 0 heterocycles. The van der Waals surface area contributed by atoms with E-state index >= 15 is 0 Å². The molecule has 5 nitrogen and oxygen atoms in total. The van der Waals surface area contributed by atoms with Gasteiger partial charge >= 0.3 is 5.97 Å². The fourth-order valence-corrected chi connectivity index (χ4v) is 2.15. The van der Waals surface area contributed by atoms with Crippen LogP contribution in [0.3, 0.4) is 0 Å². The third-order valence-corrected chi connectivity index (χ3v) is 3.66. The van der Waals surface area contributed by atoms with E-state index in [4.69, 9.17) is 9.47 Å². The maximum atomic E-state index is 11.8. The van der Waals surface area contributed by atoms with Gasteiger partial charge in [-0.05, 0) is 54.8 Å². The predicted molar refractivity (Wildman–Crippen MR) is 92.2 cm³/mol. The lowest BCUT2D eigenvalue weighted by molar-refractivity contribution is -0.146. The lowest BCUT2D eigenvalue weighted by Crippen LogP contribution is -2.21. The molecule has 0 spiro atoms. The molecule has 5 heteroatoms. The smallest absolute Gasteiger partial charge is 0.310 e. The first-order valence-corrected chi connectivity index (χ1v) is 7.63. The number of methoxy groups -OCH3 is 1. The molecule has 0 radical (unpaired) electrons. The highest BCUT2D eigenvalue weighted by Crippen LogP contribution is 2.15. The summed E-state index contributed by atoms with van der Waals surface area (Å²) >= 11 is 0. The summed E-state index contributed by atoms with van der Waals surface area (Å²) in [6.07, 6.45) is 0.150. The summed E-state index contributed by atoms with van der Waals surface area (Å²) in [7, 11) is 1.57. The molecule has 0 fully saturated rings. The monoisotopic (exact) mass is 327 g/mol. The van der Waals surface area contributed by atoms with Gasteiger partial charge in [-0.3, -0.25) is 9.59 Å². The summed E-state index contributed by atoms with van der Waals surface area (Å²) in [5, 5.41) is 2.66. The van der Waals surface area contributed by atoms with Crippen LogP contribution in [0.25, 0.3) is 0 Å².